The minimum atomic E-state index is -0.611. The molecule has 1 aromatic heterocycles. The van der Waals surface area contributed by atoms with E-state index in [1.807, 2.05) is 24.3 Å². The molecule has 1 aromatic carbocycles. The number of rotatable bonds is 2. The monoisotopic (exact) mass is 338 g/mol. The molecule has 0 radical (unpaired) electrons. The van der Waals surface area contributed by atoms with Gasteiger partial charge < -0.3 is 15.5 Å². The third-order valence-electron chi connectivity index (χ3n) is 3.98. The van der Waals surface area contributed by atoms with E-state index < -0.39 is 11.8 Å². The van der Waals surface area contributed by atoms with Crippen molar-refractivity contribution in [1.29, 1.82) is 0 Å². The van der Waals surface area contributed by atoms with E-state index in [4.69, 9.17) is 10.2 Å². The van der Waals surface area contributed by atoms with Crippen LogP contribution in [0.15, 0.2) is 53.0 Å². The number of para-hydroxylation sites is 1. The van der Waals surface area contributed by atoms with Crippen molar-refractivity contribution in [3.8, 4) is 11.5 Å². The van der Waals surface area contributed by atoms with E-state index in [1.54, 1.807) is 12.1 Å². The number of nitrogens with zero attached hydrogens (tertiary/aromatic N) is 2. The van der Waals surface area contributed by atoms with Gasteiger partial charge in [-0.05, 0) is 25.0 Å². The summed E-state index contributed by atoms with van der Waals surface area (Å²) in [5.41, 5.74) is 6.78. The fourth-order valence-electron chi connectivity index (χ4n) is 2.60. The second-order valence-corrected chi connectivity index (χ2v) is 5.73. The fourth-order valence-corrected chi connectivity index (χ4v) is 2.60. The Labute approximate surface area is 144 Å². The highest BCUT2D eigenvalue weighted by atomic mass is 16.4. The molecule has 0 saturated heterocycles. The predicted molar refractivity (Wildman–Crippen MR) is 92.4 cm³/mol. The summed E-state index contributed by atoms with van der Waals surface area (Å²) >= 11 is 0. The maximum absolute atomic E-state index is 12.1. The second kappa shape index (κ2) is 7.12. The highest BCUT2D eigenvalue weighted by Crippen LogP contribution is 2.32. The molecule has 3 N–H and O–H groups in total. The Bertz CT molecular complexity index is 854. The predicted octanol–water partition coefficient (Wildman–Crippen LogP) is 2.54. The van der Waals surface area contributed by atoms with Gasteiger partial charge in [0.2, 0.25) is 23.6 Å². The van der Waals surface area contributed by atoms with E-state index in [2.05, 4.69) is 22.1 Å². The van der Waals surface area contributed by atoms with E-state index in [0.717, 1.165) is 0 Å². The van der Waals surface area contributed by atoms with E-state index in [-0.39, 0.29) is 23.3 Å². The van der Waals surface area contributed by atoms with Gasteiger partial charge in [0.15, 0.2) is 0 Å². The summed E-state index contributed by atoms with van der Waals surface area (Å²) in [6, 6.07) is 7.18. The van der Waals surface area contributed by atoms with Crippen molar-refractivity contribution in [2.75, 3.05) is 5.32 Å². The molecule has 25 heavy (non-hydrogen) atoms. The van der Waals surface area contributed by atoms with Crippen molar-refractivity contribution in [3.63, 3.8) is 0 Å². The van der Waals surface area contributed by atoms with Crippen LogP contribution in [0, 0.1) is 0 Å². The Morgan fingerprint density at radius 1 is 1.28 bits per heavy atom. The number of anilines is 1. The van der Waals surface area contributed by atoms with Gasteiger partial charge in [0.25, 0.3) is 0 Å². The van der Waals surface area contributed by atoms with Crippen molar-refractivity contribution in [2.24, 2.45) is 5.73 Å². The van der Waals surface area contributed by atoms with Crippen LogP contribution in [-0.2, 0) is 9.59 Å². The SMILES string of the molecule is C=C(C(N)=O)[C@@H]1C/C=C\CCC(=O)Nc2ccccc2-c2nnc1o2. The summed E-state index contributed by atoms with van der Waals surface area (Å²) in [5, 5.41) is 11.0. The first-order chi connectivity index (χ1) is 12.1. The van der Waals surface area contributed by atoms with Crippen LogP contribution in [0.25, 0.3) is 11.5 Å². The Morgan fingerprint density at radius 3 is 2.88 bits per heavy atom. The topological polar surface area (TPSA) is 111 Å². The van der Waals surface area contributed by atoms with E-state index in [1.165, 1.54) is 0 Å². The van der Waals surface area contributed by atoms with Crippen LogP contribution in [0.4, 0.5) is 5.69 Å². The molecule has 2 bridgehead atoms. The van der Waals surface area contributed by atoms with Crippen molar-refractivity contribution in [3.05, 3.63) is 54.5 Å². The number of hydrogen-bond acceptors (Lipinski definition) is 5. The number of benzene rings is 1. The largest absolute Gasteiger partial charge is 0.420 e. The molecule has 0 spiro atoms. The van der Waals surface area contributed by atoms with Gasteiger partial charge in [0, 0.05) is 12.0 Å². The zero-order chi connectivity index (χ0) is 17.8. The molecule has 2 aromatic rings. The smallest absolute Gasteiger partial charge is 0.249 e. The second-order valence-electron chi connectivity index (χ2n) is 5.73. The Hall–Kier alpha value is -3.22. The molecule has 1 atom stereocenters. The van der Waals surface area contributed by atoms with E-state index in [9.17, 15) is 9.59 Å². The molecule has 1 aliphatic heterocycles. The van der Waals surface area contributed by atoms with E-state index in [0.29, 0.717) is 30.5 Å². The van der Waals surface area contributed by atoms with Crippen LogP contribution in [0.3, 0.4) is 0 Å². The van der Waals surface area contributed by atoms with Gasteiger partial charge in [-0.3, -0.25) is 9.59 Å². The summed E-state index contributed by atoms with van der Waals surface area (Å²) in [4.78, 5) is 23.6. The lowest BCUT2D eigenvalue weighted by Gasteiger charge is -2.11. The lowest BCUT2D eigenvalue weighted by Crippen LogP contribution is -2.18. The van der Waals surface area contributed by atoms with Crippen LogP contribution in [-0.4, -0.2) is 22.0 Å². The molecule has 2 heterocycles. The lowest BCUT2D eigenvalue weighted by molar-refractivity contribution is -0.116. The van der Waals surface area contributed by atoms with Gasteiger partial charge in [-0.1, -0.05) is 30.9 Å². The molecule has 0 saturated carbocycles. The maximum atomic E-state index is 12.1. The normalized spacial score (nSPS) is 18.7. The highest BCUT2D eigenvalue weighted by Gasteiger charge is 2.25. The number of nitrogens with two attached hydrogens (primary N) is 1. The zero-order valence-electron chi connectivity index (χ0n) is 13.6. The van der Waals surface area contributed by atoms with Crippen molar-refractivity contribution in [2.45, 2.75) is 25.2 Å². The summed E-state index contributed by atoms with van der Waals surface area (Å²) in [5.74, 6) is -0.680. The quantitative estimate of drug-likeness (QED) is 0.645. The highest BCUT2D eigenvalue weighted by molar-refractivity contribution is 5.94. The summed E-state index contributed by atoms with van der Waals surface area (Å²) in [7, 11) is 0. The number of allylic oxidation sites excluding steroid dienone is 2. The summed E-state index contributed by atoms with van der Waals surface area (Å²) < 4.78 is 5.77. The van der Waals surface area contributed by atoms with Gasteiger partial charge in [-0.2, -0.15) is 0 Å². The van der Waals surface area contributed by atoms with Crippen molar-refractivity contribution >= 4 is 17.5 Å². The summed E-state index contributed by atoms with van der Waals surface area (Å²) in [6.07, 6.45) is 5.11. The molecular formula is C18H18N4O3. The van der Waals surface area contributed by atoms with Crippen LogP contribution in [0.1, 0.15) is 31.1 Å². The van der Waals surface area contributed by atoms with Crippen LogP contribution in [0.5, 0.6) is 0 Å². The number of hydrogen-bond donors (Lipinski definition) is 2. The van der Waals surface area contributed by atoms with Crippen LogP contribution in [0.2, 0.25) is 0 Å². The number of primary amides is 1. The number of carbonyl (C=O) groups excluding carboxylic acids is 2. The van der Waals surface area contributed by atoms with Gasteiger partial charge >= 0.3 is 0 Å². The van der Waals surface area contributed by atoms with Crippen molar-refractivity contribution < 1.29 is 14.0 Å². The van der Waals surface area contributed by atoms with Crippen LogP contribution >= 0.6 is 0 Å². The Kier molecular flexibility index (Phi) is 4.74. The van der Waals surface area contributed by atoms with E-state index >= 15 is 0 Å². The number of aromatic nitrogens is 2. The maximum Gasteiger partial charge on any atom is 0.249 e. The van der Waals surface area contributed by atoms with Crippen molar-refractivity contribution in [1.82, 2.24) is 10.2 Å². The van der Waals surface area contributed by atoms with Gasteiger partial charge in [0.1, 0.15) is 0 Å². The number of carbonyl (C=O) groups is 2. The fraction of sp³-hybridized carbons (Fsp3) is 0.222. The molecule has 7 nitrogen and oxygen atoms in total. The molecule has 0 fully saturated rings. The first-order valence-corrected chi connectivity index (χ1v) is 7.92. The van der Waals surface area contributed by atoms with Gasteiger partial charge in [-0.25, -0.2) is 0 Å². The Balaban J connectivity index is 2.06. The first kappa shape index (κ1) is 16.6. The molecule has 7 heteroatoms. The number of nitrogens with one attached hydrogen (secondary N) is 1. The molecule has 128 valence electrons. The lowest BCUT2D eigenvalue weighted by atomic mass is 9.95. The first-order valence-electron chi connectivity index (χ1n) is 7.92. The van der Waals surface area contributed by atoms with Crippen LogP contribution < -0.4 is 11.1 Å². The Morgan fingerprint density at radius 2 is 2.08 bits per heavy atom. The standard InChI is InChI=1S/C18H18N4O3/c1-11(16(19)24)12-7-3-2-4-10-15(23)20-14-9-6-5-8-13(14)18-22-21-17(12)25-18/h2-3,5-6,8-9,12H,1,4,7,10H2,(H2,19,24)(H,20,23)/b3-2-/t12-/m0/s1. The zero-order valence-corrected chi connectivity index (χ0v) is 13.6. The van der Waals surface area contributed by atoms with Gasteiger partial charge in [0.05, 0.1) is 17.2 Å². The average molecular weight is 338 g/mol. The third kappa shape index (κ3) is 3.65. The molecule has 1 aliphatic rings. The number of fused-ring (bicyclic) bond motifs is 4. The molecule has 0 aliphatic carbocycles. The molecule has 2 amide bonds. The minimum Gasteiger partial charge on any atom is -0.420 e. The third-order valence-corrected chi connectivity index (χ3v) is 3.98. The minimum absolute atomic E-state index is 0.103. The number of amides is 2. The molecular weight excluding hydrogens is 320 g/mol. The average Bonchev–Trinajstić information content (AvgIpc) is 3.07. The molecule has 3 rings (SSSR count). The van der Waals surface area contributed by atoms with Gasteiger partial charge in [-0.15, -0.1) is 10.2 Å². The molecule has 0 unspecified atom stereocenters. The summed E-state index contributed by atoms with van der Waals surface area (Å²) in [6.45, 7) is 3.75.